The zero-order valence-electron chi connectivity index (χ0n) is 9.54. The number of benzene rings is 1. The molecule has 0 radical (unpaired) electrons. The molecule has 106 valence electrons. The third-order valence-electron chi connectivity index (χ3n) is 2.87. The molecule has 1 N–H and O–H groups in total. The van der Waals surface area contributed by atoms with Crippen LogP contribution in [-0.2, 0) is 0 Å². The van der Waals surface area contributed by atoms with Gasteiger partial charge in [0.05, 0.1) is 0 Å². The summed E-state index contributed by atoms with van der Waals surface area (Å²) in [7, 11) is 0. The SMILES string of the molecule is CSc1ccc(OC(F)F)c2c1[C@H](O)C(F)(F)[C@@H]2F. The van der Waals surface area contributed by atoms with E-state index in [-0.39, 0.29) is 10.5 Å². The Balaban J connectivity index is 2.62. The van der Waals surface area contributed by atoms with Gasteiger partial charge in [0.25, 0.3) is 0 Å². The van der Waals surface area contributed by atoms with Crippen molar-refractivity contribution in [3.05, 3.63) is 23.3 Å². The van der Waals surface area contributed by atoms with E-state index in [4.69, 9.17) is 0 Å². The Hall–Kier alpha value is -1.02. The zero-order chi connectivity index (χ0) is 14.4. The number of aliphatic hydroxyl groups excluding tert-OH is 1. The molecule has 19 heavy (non-hydrogen) atoms. The largest absolute Gasteiger partial charge is 0.434 e. The highest BCUT2D eigenvalue weighted by molar-refractivity contribution is 7.98. The minimum Gasteiger partial charge on any atom is -0.434 e. The summed E-state index contributed by atoms with van der Waals surface area (Å²) >= 11 is 1.01. The summed E-state index contributed by atoms with van der Waals surface area (Å²) in [6.07, 6.45) is -3.71. The van der Waals surface area contributed by atoms with Crippen LogP contribution in [0, 0.1) is 0 Å². The van der Waals surface area contributed by atoms with Crippen molar-refractivity contribution < 1.29 is 31.8 Å². The van der Waals surface area contributed by atoms with Crippen molar-refractivity contribution >= 4 is 11.8 Å². The lowest BCUT2D eigenvalue weighted by Gasteiger charge is -2.16. The molecule has 1 aliphatic carbocycles. The van der Waals surface area contributed by atoms with E-state index in [2.05, 4.69) is 4.74 Å². The average molecular weight is 300 g/mol. The monoisotopic (exact) mass is 300 g/mol. The second kappa shape index (κ2) is 4.82. The number of hydrogen-bond donors (Lipinski definition) is 1. The summed E-state index contributed by atoms with van der Waals surface area (Å²) in [5, 5.41) is 9.50. The van der Waals surface area contributed by atoms with E-state index >= 15 is 0 Å². The van der Waals surface area contributed by atoms with Crippen molar-refractivity contribution in [3.8, 4) is 5.75 Å². The summed E-state index contributed by atoms with van der Waals surface area (Å²) in [5.74, 6) is -4.74. The quantitative estimate of drug-likeness (QED) is 0.682. The maximum atomic E-state index is 13.7. The highest BCUT2D eigenvalue weighted by Crippen LogP contribution is 2.57. The Morgan fingerprint density at radius 3 is 2.47 bits per heavy atom. The van der Waals surface area contributed by atoms with Crippen LogP contribution in [0.4, 0.5) is 22.0 Å². The van der Waals surface area contributed by atoms with E-state index < -0.39 is 36.1 Å². The standard InChI is InChI=1S/C11H9F5O2S/c1-19-5-3-2-4(18-10(13)14)6-7(5)9(17)11(15,16)8(6)12/h2-3,8-10,17H,1H3/t8-,9+/m1/s1. The van der Waals surface area contributed by atoms with Gasteiger partial charge in [0.15, 0.2) is 6.17 Å². The number of halogens is 5. The highest BCUT2D eigenvalue weighted by atomic mass is 32.2. The molecular formula is C11H9F5O2S. The number of rotatable bonds is 3. The summed E-state index contributed by atoms with van der Waals surface area (Å²) < 4.78 is 69.1. The molecule has 0 fully saturated rings. The Labute approximate surface area is 109 Å². The van der Waals surface area contributed by atoms with Gasteiger partial charge >= 0.3 is 12.5 Å². The van der Waals surface area contributed by atoms with Gasteiger partial charge in [0.1, 0.15) is 11.9 Å². The van der Waals surface area contributed by atoms with Gasteiger partial charge in [-0.25, -0.2) is 4.39 Å². The van der Waals surface area contributed by atoms with Crippen LogP contribution in [0.3, 0.4) is 0 Å². The molecule has 0 bridgehead atoms. The average Bonchev–Trinajstić information content (AvgIpc) is 2.51. The van der Waals surface area contributed by atoms with Gasteiger partial charge in [-0.3, -0.25) is 0 Å². The van der Waals surface area contributed by atoms with E-state index in [1.165, 1.54) is 6.07 Å². The first-order chi connectivity index (χ1) is 8.80. The Morgan fingerprint density at radius 2 is 1.95 bits per heavy atom. The van der Waals surface area contributed by atoms with Crippen LogP contribution in [0.15, 0.2) is 17.0 Å². The molecule has 1 aliphatic rings. The molecule has 0 saturated heterocycles. The maximum Gasteiger partial charge on any atom is 0.387 e. The summed E-state index contributed by atoms with van der Waals surface area (Å²) in [4.78, 5) is 0.198. The fourth-order valence-corrected chi connectivity index (χ4v) is 2.69. The molecule has 0 saturated carbocycles. The molecule has 0 aliphatic heterocycles. The van der Waals surface area contributed by atoms with Crippen molar-refractivity contribution in [3.63, 3.8) is 0 Å². The van der Waals surface area contributed by atoms with Crippen LogP contribution in [-0.4, -0.2) is 23.9 Å². The molecule has 2 nitrogen and oxygen atoms in total. The van der Waals surface area contributed by atoms with Gasteiger partial charge in [-0.15, -0.1) is 11.8 Å². The molecule has 2 rings (SSSR count). The van der Waals surface area contributed by atoms with E-state index in [1.54, 1.807) is 6.26 Å². The number of hydrogen-bond acceptors (Lipinski definition) is 3. The van der Waals surface area contributed by atoms with Crippen molar-refractivity contribution in [2.45, 2.75) is 29.7 Å². The van der Waals surface area contributed by atoms with Crippen LogP contribution in [0.25, 0.3) is 0 Å². The number of fused-ring (bicyclic) bond motifs is 1. The van der Waals surface area contributed by atoms with E-state index in [1.807, 2.05) is 0 Å². The first-order valence-electron chi connectivity index (χ1n) is 5.16. The third-order valence-corrected chi connectivity index (χ3v) is 3.67. The molecular weight excluding hydrogens is 291 g/mol. The predicted molar refractivity (Wildman–Crippen MR) is 58.6 cm³/mol. The highest BCUT2D eigenvalue weighted by Gasteiger charge is 2.58. The van der Waals surface area contributed by atoms with Gasteiger partial charge in [0.2, 0.25) is 0 Å². The van der Waals surface area contributed by atoms with Crippen LogP contribution in [0.1, 0.15) is 23.4 Å². The first-order valence-corrected chi connectivity index (χ1v) is 6.38. The Kier molecular flexibility index (Phi) is 3.65. The summed E-state index contributed by atoms with van der Waals surface area (Å²) in [6, 6.07) is 2.23. The summed E-state index contributed by atoms with van der Waals surface area (Å²) in [5.41, 5.74) is -1.09. The molecule has 1 aromatic rings. The fraction of sp³-hybridized carbons (Fsp3) is 0.455. The van der Waals surface area contributed by atoms with Crippen LogP contribution in [0.2, 0.25) is 0 Å². The minimum atomic E-state index is -4.06. The molecule has 2 atom stereocenters. The molecule has 0 amide bonds. The topological polar surface area (TPSA) is 29.5 Å². The van der Waals surface area contributed by atoms with Crippen molar-refractivity contribution in [2.75, 3.05) is 6.26 Å². The zero-order valence-corrected chi connectivity index (χ0v) is 10.4. The predicted octanol–water partition coefficient (Wildman–Crippen LogP) is 3.70. The minimum absolute atomic E-state index is 0.198. The smallest absolute Gasteiger partial charge is 0.387 e. The molecule has 0 aromatic heterocycles. The van der Waals surface area contributed by atoms with E-state index in [0.717, 1.165) is 17.8 Å². The number of alkyl halides is 5. The lowest BCUT2D eigenvalue weighted by molar-refractivity contribution is -0.144. The first kappa shape index (κ1) is 14.4. The van der Waals surface area contributed by atoms with Crippen molar-refractivity contribution in [1.29, 1.82) is 0 Å². The molecule has 0 spiro atoms. The third kappa shape index (κ3) is 2.16. The van der Waals surface area contributed by atoms with Gasteiger partial charge in [-0.2, -0.15) is 17.6 Å². The lowest BCUT2D eigenvalue weighted by atomic mass is 10.1. The molecule has 0 heterocycles. The molecule has 1 aromatic carbocycles. The normalized spacial score (nSPS) is 24.6. The summed E-state index contributed by atoms with van der Waals surface area (Å²) in [6.45, 7) is -3.26. The van der Waals surface area contributed by atoms with Crippen LogP contribution in [0.5, 0.6) is 5.75 Å². The van der Waals surface area contributed by atoms with E-state index in [0.29, 0.717) is 0 Å². The Bertz CT molecular complexity index is 494. The van der Waals surface area contributed by atoms with E-state index in [9.17, 15) is 27.1 Å². The van der Waals surface area contributed by atoms with Gasteiger partial charge in [0, 0.05) is 16.0 Å². The van der Waals surface area contributed by atoms with Gasteiger partial charge < -0.3 is 9.84 Å². The lowest BCUT2D eigenvalue weighted by Crippen LogP contribution is -2.24. The van der Waals surface area contributed by atoms with Crippen molar-refractivity contribution in [2.24, 2.45) is 0 Å². The van der Waals surface area contributed by atoms with Gasteiger partial charge in [-0.1, -0.05) is 0 Å². The van der Waals surface area contributed by atoms with Gasteiger partial charge in [-0.05, 0) is 18.4 Å². The molecule has 0 unspecified atom stereocenters. The Morgan fingerprint density at radius 1 is 1.32 bits per heavy atom. The number of ether oxygens (including phenoxy) is 1. The van der Waals surface area contributed by atoms with Crippen LogP contribution >= 0.6 is 11.8 Å². The van der Waals surface area contributed by atoms with Crippen LogP contribution < -0.4 is 4.74 Å². The molecule has 8 heteroatoms. The fourth-order valence-electron chi connectivity index (χ4n) is 2.04. The number of aliphatic hydroxyl groups is 1. The van der Waals surface area contributed by atoms with Crippen molar-refractivity contribution in [1.82, 2.24) is 0 Å². The second-order valence-corrected chi connectivity index (χ2v) is 4.76. The number of thioether (sulfide) groups is 1. The maximum absolute atomic E-state index is 13.7. The second-order valence-electron chi connectivity index (χ2n) is 3.91.